The van der Waals surface area contributed by atoms with Crippen LogP contribution in [0.25, 0.3) is 0 Å². The number of carboxylic acid groups (broad SMARTS) is 1. The maximum atomic E-state index is 12.9. The Bertz CT molecular complexity index is 1520. The van der Waals surface area contributed by atoms with Crippen molar-refractivity contribution in [1.82, 2.24) is 0 Å². The standard InChI is InChI=1S/C67H117NO8/c1-6-8-10-12-14-16-18-20-22-24-25-26-27-28-29-30-31-32-33-34-35-36-37-38-39-40-41-42-44-46-48-50-52-54-56-58-65(70)76-63(62-75-67(66(71)72)73-60-59-68(3,4)5)61-74-64(69)57-55-53-51-49-47-45-43-23-21-19-17-15-13-11-9-7-2/h8,10,14,16-17,19-20,22-23,25-26,28-29,43,63,67H,6-7,9,11-13,15,18,21,24,27,30-42,44-62H2,1-5H3/p+1/b10-8-,16-14-,19-17-,22-20-,26-25-,29-28-,43-23-. The monoisotopic (exact) mass is 1060 g/mol. The Hall–Kier alpha value is -3.53. The van der Waals surface area contributed by atoms with Crippen molar-refractivity contribution in [2.45, 2.75) is 277 Å². The third-order valence-electron chi connectivity index (χ3n) is 13.4. The summed E-state index contributed by atoms with van der Waals surface area (Å²) in [7, 11) is 5.97. The van der Waals surface area contributed by atoms with E-state index in [4.69, 9.17) is 18.9 Å². The second-order valence-electron chi connectivity index (χ2n) is 22.0. The van der Waals surface area contributed by atoms with Crippen LogP contribution in [0.5, 0.6) is 0 Å². The predicted molar refractivity (Wildman–Crippen MR) is 322 cm³/mol. The van der Waals surface area contributed by atoms with Gasteiger partial charge in [-0.1, -0.05) is 247 Å². The number of carbonyl (C=O) groups excluding carboxylic acids is 2. The van der Waals surface area contributed by atoms with Gasteiger partial charge in [0, 0.05) is 12.8 Å². The van der Waals surface area contributed by atoms with E-state index in [9.17, 15) is 19.5 Å². The van der Waals surface area contributed by atoms with E-state index in [-0.39, 0.29) is 38.6 Å². The van der Waals surface area contributed by atoms with Crippen molar-refractivity contribution in [2.75, 3.05) is 47.5 Å². The molecule has 76 heavy (non-hydrogen) atoms. The maximum absolute atomic E-state index is 12.9. The number of hydrogen-bond acceptors (Lipinski definition) is 7. The lowest BCUT2D eigenvalue weighted by Crippen LogP contribution is -2.40. The van der Waals surface area contributed by atoms with Gasteiger partial charge in [-0.05, 0) is 89.9 Å². The molecule has 9 heteroatoms. The molecule has 0 heterocycles. The fourth-order valence-corrected chi connectivity index (χ4v) is 8.60. The molecule has 2 unspecified atom stereocenters. The van der Waals surface area contributed by atoms with E-state index >= 15 is 0 Å². The first kappa shape index (κ1) is 72.5. The summed E-state index contributed by atoms with van der Waals surface area (Å²) in [4.78, 5) is 37.4. The molecule has 0 aliphatic carbocycles. The van der Waals surface area contributed by atoms with Gasteiger partial charge >= 0.3 is 17.9 Å². The highest BCUT2D eigenvalue weighted by Crippen LogP contribution is 2.17. The summed E-state index contributed by atoms with van der Waals surface area (Å²) >= 11 is 0. The summed E-state index contributed by atoms with van der Waals surface area (Å²) in [6.07, 6.45) is 73.9. The highest BCUT2D eigenvalue weighted by molar-refractivity contribution is 5.71. The smallest absolute Gasteiger partial charge is 0.361 e. The minimum atomic E-state index is -1.51. The summed E-state index contributed by atoms with van der Waals surface area (Å²) in [6, 6.07) is 0. The number of hydrogen-bond donors (Lipinski definition) is 1. The Kier molecular flexibility index (Phi) is 55.0. The third kappa shape index (κ3) is 58.2. The van der Waals surface area contributed by atoms with Crippen molar-refractivity contribution in [3.63, 3.8) is 0 Å². The lowest BCUT2D eigenvalue weighted by atomic mass is 10.0. The molecule has 1 N–H and O–H groups in total. The van der Waals surface area contributed by atoms with Crippen LogP contribution in [0.3, 0.4) is 0 Å². The number of aliphatic carboxylic acids is 1. The Morgan fingerprint density at radius 1 is 0.408 bits per heavy atom. The van der Waals surface area contributed by atoms with Crippen molar-refractivity contribution in [1.29, 1.82) is 0 Å². The molecular formula is C67H118NO8+. The van der Waals surface area contributed by atoms with Crippen LogP contribution in [0.1, 0.15) is 264 Å². The van der Waals surface area contributed by atoms with Gasteiger partial charge in [0.05, 0.1) is 34.4 Å². The molecule has 0 aromatic carbocycles. The van der Waals surface area contributed by atoms with Crippen molar-refractivity contribution in [3.05, 3.63) is 85.1 Å². The molecule has 438 valence electrons. The van der Waals surface area contributed by atoms with Crippen LogP contribution in [0.4, 0.5) is 0 Å². The number of allylic oxidation sites excluding steroid dienone is 14. The number of carbonyl (C=O) groups is 3. The molecular weight excluding hydrogens is 947 g/mol. The molecule has 0 aliphatic heterocycles. The molecule has 0 saturated heterocycles. The molecule has 0 radical (unpaired) electrons. The second-order valence-corrected chi connectivity index (χ2v) is 22.0. The zero-order valence-corrected chi connectivity index (χ0v) is 49.9. The van der Waals surface area contributed by atoms with Gasteiger partial charge in [0.2, 0.25) is 0 Å². The van der Waals surface area contributed by atoms with E-state index in [1.165, 1.54) is 141 Å². The Balaban J connectivity index is 4.09. The number of rotatable bonds is 57. The van der Waals surface area contributed by atoms with Gasteiger partial charge in [-0.25, -0.2) is 4.79 Å². The van der Waals surface area contributed by atoms with E-state index in [0.29, 0.717) is 11.0 Å². The van der Waals surface area contributed by atoms with Crippen LogP contribution < -0.4 is 0 Å². The first-order chi connectivity index (χ1) is 37.1. The van der Waals surface area contributed by atoms with Gasteiger partial charge in [0.25, 0.3) is 6.29 Å². The summed E-state index contributed by atoms with van der Waals surface area (Å²) in [5.41, 5.74) is 0. The van der Waals surface area contributed by atoms with E-state index in [1.807, 2.05) is 21.1 Å². The molecule has 0 bridgehead atoms. The highest BCUT2D eigenvalue weighted by atomic mass is 16.7. The molecule has 0 saturated carbocycles. The van der Waals surface area contributed by atoms with Crippen LogP contribution >= 0.6 is 0 Å². The topological polar surface area (TPSA) is 108 Å². The van der Waals surface area contributed by atoms with E-state index < -0.39 is 24.3 Å². The largest absolute Gasteiger partial charge is 0.477 e. The van der Waals surface area contributed by atoms with E-state index in [0.717, 1.165) is 96.3 Å². The minimum absolute atomic E-state index is 0.184. The summed E-state index contributed by atoms with van der Waals surface area (Å²) in [5.74, 6) is -2.02. The fourth-order valence-electron chi connectivity index (χ4n) is 8.60. The zero-order valence-electron chi connectivity index (χ0n) is 49.9. The molecule has 0 amide bonds. The Morgan fingerprint density at radius 2 is 0.750 bits per heavy atom. The molecule has 0 aromatic heterocycles. The molecule has 0 fully saturated rings. The Morgan fingerprint density at radius 3 is 1.12 bits per heavy atom. The number of esters is 2. The second kappa shape index (κ2) is 57.6. The third-order valence-corrected chi connectivity index (χ3v) is 13.4. The molecule has 0 spiro atoms. The van der Waals surface area contributed by atoms with Crippen LogP contribution in [0, 0.1) is 0 Å². The number of quaternary nitrogens is 1. The van der Waals surface area contributed by atoms with E-state index in [1.54, 1.807) is 0 Å². The van der Waals surface area contributed by atoms with Gasteiger partial charge < -0.3 is 28.5 Å². The van der Waals surface area contributed by atoms with Crippen LogP contribution in [-0.2, 0) is 33.3 Å². The Labute approximate surface area is 468 Å². The van der Waals surface area contributed by atoms with Crippen molar-refractivity contribution < 1.29 is 42.9 Å². The quantitative estimate of drug-likeness (QED) is 0.0211. The lowest BCUT2D eigenvalue weighted by Gasteiger charge is -2.25. The van der Waals surface area contributed by atoms with Crippen molar-refractivity contribution >= 4 is 17.9 Å². The fraction of sp³-hybridized carbons (Fsp3) is 0.746. The molecule has 9 nitrogen and oxygen atoms in total. The number of carboxylic acids is 1. The number of likely N-dealkylation sites (N-methyl/N-ethyl adjacent to an activating group) is 1. The van der Waals surface area contributed by atoms with Crippen LogP contribution in [-0.4, -0.2) is 87.4 Å². The molecule has 0 rings (SSSR count). The zero-order chi connectivity index (χ0) is 55.5. The van der Waals surface area contributed by atoms with Gasteiger partial charge in [-0.15, -0.1) is 0 Å². The minimum Gasteiger partial charge on any atom is -0.477 e. The summed E-state index contributed by atoms with van der Waals surface area (Å²) in [6.45, 7) is 4.74. The van der Waals surface area contributed by atoms with E-state index in [2.05, 4.69) is 98.9 Å². The SMILES string of the molecule is CC/C=C\C/C=C\C/C=C\C/C=C\C/C=C\CCCCCCCCCCCCCCCCCCCCCC(=O)OC(COC(=O)CCCCCCC/C=C\C/C=C\CCCCCC)COC(OCC[N+](C)(C)C)C(=O)O. The maximum Gasteiger partial charge on any atom is 0.361 e. The van der Waals surface area contributed by atoms with Gasteiger partial charge in [0.15, 0.2) is 6.10 Å². The molecule has 0 aromatic rings. The normalized spacial score (nSPS) is 13.3. The lowest BCUT2D eigenvalue weighted by molar-refractivity contribution is -0.870. The molecule has 2 atom stereocenters. The van der Waals surface area contributed by atoms with Crippen molar-refractivity contribution in [3.8, 4) is 0 Å². The van der Waals surface area contributed by atoms with Gasteiger partial charge in [-0.2, -0.15) is 0 Å². The summed E-state index contributed by atoms with van der Waals surface area (Å²) < 4.78 is 22.9. The number of ether oxygens (including phenoxy) is 4. The van der Waals surface area contributed by atoms with Crippen LogP contribution in [0.2, 0.25) is 0 Å². The summed E-state index contributed by atoms with van der Waals surface area (Å²) in [5, 5.41) is 9.71. The van der Waals surface area contributed by atoms with Gasteiger partial charge in [-0.3, -0.25) is 9.59 Å². The first-order valence-electron chi connectivity index (χ1n) is 31.3. The average molecular weight is 1070 g/mol. The first-order valence-corrected chi connectivity index (χ1v) is 31.3. The van der Waals surface area contributed by atoms with Gasteiger partial charge in [0.1, 0.15) is 13.2 Å². The van der Waals surface area contributed by atoms with Crippen LogP contribution in [0.15, 0.2) is 85.1 Å². The number of unbranched alkanes of at least 4 members (excludes halogenated alkanes) is 28. The van der Waals surface area contributed by atoms with Crippen molar-refractivity contribution in [2.24, 2.45) is 0 Å². The molecule has 0 aliphatic rings. The predicted octanol–water partition coefficient (Wildman–Crippen LogP) is 18.7. The number of nitrogens with zero attached hydrogens (tertiary/aromatic N) is 1. The average Bonchev–Trinajstić information content (AvgIpc) is 3.39. The highest BCUT2D eigenvalue weighted by Gasteiger charge is 2.25.